The smallest absolute Gasteiger partial charge is 0.283 e. The Kier molecular flexibility index (Phi) is 4.04. The molecule has 0 atom stereocenters. The molecule has 0 aliphatic carbocycles. The third-order valence-corrected chi connectivity index (χ3v) is 3.02. The van der Waals surface area contributed by atoms with Crippen LogP contribution >= 0.6 is 34.2 Å². The number of benzene rings is 1. The third kappa shape index (κ3) is 2.66. The van der Waals surface area contributed by atoms with Gasteiger partial charge < -0.3 is 0 Å². The van der Waals surface area contributed by atoms with Crippen molar-refractivity contribution in [2.75, 3.05) is 5.88 Å². The first-order valence-electron chi connectivity index (χ1n) is 4.01. The molecule has 0 saturated carbocycles. The quantitative estimate of drug-likeness (QED) is 0.280. The Morgan fingerprint density at radius 2 is 2.20 bits per heavy atom. The minimum absolute atomic E-state index is 0.0605. The number of hydrogen-bond donors (Lipinski definition) is 0. The molecule has 0 aliphatic heterocycles. The van der Waals surface area contributed by atoms with Crippen LogP contribution in [0, 0.1) is 20.6 Å². The number of alkyl halides is 1. The number of ketones is 1. The molecule has 0 amide bonds. The van der Waals surface area contributed by atoms with E-state index in [1.165, 1.54) is 6.07 Å². The summed E-state index contributed by atoms with van der Waals surface area (Å²) in [5, 5.41) is 10.7. The summed E-state index contributed by atoms with van der Waals surface area (Å²) in [5.74, 6) is -0.466. The van der Waals surface area contributed by atoms with Crippen molar-refractivity contribution in [3.8, 4) is 0 Å². The van der Waals surface area contributed by atoms with Crippen LogP contribution < -0.4 is 0 Å². The number of carbonyl (C=O) groups is 1. The van der Waals surface area contributed by atoms with Crippen molar-refractivity contribution in [3.05, 3.63) is 36.9 Å². The van der Waals surface area contributed by atoms with Crippen LogP contribution in [0.15, 0.2) is 12.1 Å². The van der Waals surface area contributed by atoms with Crippen LogP contribution in [0.25, 0.3) is 0 Å². The second-order valence-electron chi connectivity index (χ2n) is 2.93. The first-order valence-corrected chi connectivity index (χ1v) is 5.62. The summed E-state index contributed by atoms with van der Waals surface area (Å²) >= 11 is 7.28. The summed E-state index contributed by atoms with van der Waals surface area (Å²) in [6.45, 7) is 1.73. The van der Waals surface area contributed by atoms with Gasteiger partial charge in [-0.15, -0.1) is 11.6 Å². The SMILES string of the molecule is Cc1cc(I)c([N+](=O)[O-])cc1C(=O)CCl. The Bertz CT molecular complexity index is 434. The van der Waals surface area contributed by atoms with Gasteiger partial charge in [0, 0.05) is 11.6 Å². The lowest BCUT2D eigenvalue weighted by atomic mass is 10.0. The molecule has 0 unspecified atom stereocenters. The highest BCUT2D eigenvalue weighted by molar-refractivity contribution is 14.1. The molecule has 0 N–H and O–H groups in total. The average molecular weight is 340 g/mol. The van der Waals surface area contributed by atoms with Crippen molar-refractivity contribution in [1.29, 1.82) is 0 Å². The van der Waals surface area contributed by atoms with Gasteiger partial charge in [-0.1, -0.05) is 0 Å². The van der Waals surface area contributed by atoms with Gasteiger partial charge in [0.25, 0.3) is 5.69 Å². The van der Waals surface area contributed by atoms with Crippen molar-refractivity contribution in [3.63, 3.8) is 0 Å². The topological polar surface area (TPSA) is 60.2 Å². The molecule has 0 aliphatic rings. The molecule has 1 rings (SSSR count). The lowest BCUT2D eigenvalue weighted by molar-refractivity contribution is -0.385. The normalized spacial score (nSPS) is 10.1. The first kappa shape index (κ1) is 12.4. The number of nitrogens with zero attached hydrogens (tertiary/aromatic N) is 1. The van der Waals surface area contributed by atoms with Gasteiger partial charge >= 0.3 is 0 Å². The predicted molar refractivity (Wildman–Crippen MR) is 65.6 cm³/mol. The van der Waals surface area contributed by atoms with Crippen LogP contribution in [0.5, 0.6) is 0 Å². The molecule has 0 spiro atoms. The fourth-order valence-corrected chi connectivity index (χ4v) is 2.14. The van der Waals surface area contributed by atoms with Gasteiger partial charge in [-0.05, 0) is 41.1 Å². The maximum atomic E-state index is 11.4. The molecule has 0 heterocycles. The van der Waals surface area contributed by atoms with Crippen LogP contribution in [0.1, 0.15) is 15.9 Å². The lowest BCUT2D eigenvalue weighted by Crippen LogP contribution is -2.05. The summed E-state index contributed by atoms with van der Waals surface area (Å²) in [6.07, 6.45) is 0. The number of nitro benzene ring substituents is 1. The van der Waals surface area contributed by atoms with Crippen molar-refractivity contribution < 1.29 is 9.72 Å². The number of Topliss-reactive ketones (excluding diaryl/α,β-unsaturated/α-hetero) is 1. The maximum absolute atomic E-state index is 11.4. The standard InChI is InChI=1S/C9H7ClINO3/c1-5-2-7(11)8(12(14)15)3-6(5)9(13)4-10/h2-3H,4H2,1H3. The van der Waals surface area contributed by atoms with E-state index in [1.54, 1.807) is 13.0 Å². The molecule has 1 aromatic carbocycles. The van der Waals surface area contributed by atoms with E-state index in [-0.39, 0.29) is 17.4 Å². The van der Waals surface area contributed by atoms with Gasteiger partial charge in [-0.25, -0.2) is 0 Å². The van der Waals surface area contributed by atoms with Crippen LogP contribution in [0.3, 0.4) is 0 Å². The summed E-state index contributed by atoms with van der Waals surface area (Å²) in [5.41, 5.74) is 0.961. The van der Waals surface area contributed by atoms with Gasteiger partial charge in [0.1, 0.15) is 0 Å². The van der Waals surface area contributed by atoms with Crippen LogP contribution in [0.2, 0.25) is 0 Å². The molecular formula is C9H7ClINO3. The maximum Gasteiger partial charge on any atom is 0.283 e. The first-order chi connectivity index (χ1) is 6.97. The third-order valence-electron chi connectivity index (χ3n) is 1.91. The Balaban J connectivity index is 3.36. The van der Waals surface area contributed by atoms with Gasteiger partial charge in [-0.2, -0.15) is 0 Å². The molecule has 0 radical (unpaired) electrons. The van der Waals surface area contributed by atoms with Gasteiger partial charge in [0.2, 0.25) is 0 Å². The van der Waals surface area contributed by atoms with E-state index in [0.29, 0.717) is 14.7 Å². The van der Waals surface area contributed by atoms with E-state index in [1.807, 2.05) is 22.6 Å². The summed E-state index contributed by atoms with van der Waals surface area (Å²) < 4.78 is 0.515. The van der Waals surface area contributed by atoms with Gasteiger partial charge in [0.15, 0.2) is 5.78 Å². The molecule has 80 valence electrons. The number of nitro groups is 1. The van der Waals surface area contributed by atoms with Crippen molar-refractivity contribution in [1.82, 2.24) is 0 Å². The summed E-state index contributed by atoms with van der Waals surface area (Å²) in [4.78, 5) is 21.5. The van der Waals surface area contributed by atoms with E-state index >= 15 is 0 Å². The minimum Gasteiger partial charge on any atom is -0.293 e. The number of rotatable bonds is 3. The predicted octanol–water partition coefficient (Wildman–Crippen LogP) is 2.93. The van der Waals surface area contributed by atoms with E-state index in [9.17, 15) is 14.9 Å². The lowest BCUT2D eigenvalue weighted by Gasteiger charge is -2.04. The van der Waals surface area contributed by atoms with E-state index < -0.39 is 4.92 Å². The van der Waals surface area contributed by atoms with Gasteiger partial charge in [0.05, 0.1) is 14.4 Å². The second kappa shape index (κ2) is 4.89. The molecule has 6 heteroatoms. The zero-order valence-corrected chi connectivity index (χ0v) is 10.7. The summed E-state index contributed by atoms with van der Waals surface area (Å²) in [6, 6.07) is 2.89. The minimum atomic E-state index is -0.508. The van der Waals surface area contributed by atoms with Crippen molar-refractivity contribution in [2.24, 2.45) is 0 Å². The zero-order valence-electron chi connectivity index (χ0n) is 7.79. The molecule has 0 saturated heterocycles. The Morgan fingerprint density at radius 1 is 1.60 bits per heavy atom. The number of hydrogen-bond acceptors (Lipinski definition) is 3. The molecule has 4 nitrogen and oxygen atoms in total. The fourth-order valence-electron chi connectivity index (χ4n) is 1.17. The number of aryl methyl sites for hydroxylation is 1. The Labute approximate surface area is 105 Å². The van der Waals surface area contributed by atoms with E-state index in [2.05, 4.69) is 0 Å². The van der Waals surface area contributed by atoms with Crippen LogP contribution in [0.4, 0.5) is 5.69 Å². The van der Waals surface area contributed by atoms with Crippen LogP contribution in [-0.4, -0.2) is 16.6 Å². The summed E-state index contributed by atoms with van der Waals surface area (Å²) in [7, 11) is 0. The Hall–Kier alpha value is -0.690. The van der Waals surface area contributed by atoms with E-state index in [4.69, 9.17) is 11.6 Å². The molecule has 0 aromatic heterocycles. The molecule has 15 heavy (non-hydrogen) atoms. The monoisotopic (exact) mass is 339 g/mol. The number of halogens is 2. The highest BCUT2D eigenvalue weighted by atomic mass is 127. The molecule has 0 bridgehead atoms. The average Bonchev–Trinajstić information content (AvgIpc) is 2.16. The Morgan fingerprint density at radius 3 is 2.67 bits per heavy atom. The molecule has 0 fully saturated rings. The highest BCUT2D eigenvalue weighted by Crippen LogP contribution is 2.25. The van der Waals surface area contributed by atoms with Crippen LogP contribution in [-0.2, 0) is 0 Å². The van der Waals surface area contributed by atoms with Crippen molar-refractivity contribution in [2.45, 2.75) is 6.92 Å². The fraction of sp³-hybridized carbons (Fsp3) is 0.222. The van der Waals surface area contributed by atoms with Gasteiger partial charge in [-0.3, -0.25) is 14.9 Å². The second-order valence-corrected chi connectivity index (χ2v) is 4.36. The van der Waals surface area contributed by atoms with E-state index in [0.717, 1.165) is 0 Å². The molecule has 1 aromatic rings. The largest absolute Gasteiger partial charge is 0.293 e. The molecular weight excluding hydrogens is 332 g/mol. The van der Waals surface area contributed by atoms with Crippen molar-refractivity contribution >= 4 is 45.7 Å². The highest BCUT2D eigenvalue weighted by Gasteiger charge is 2.17. The number of carbonyl (C=O) groups excluding carboxylic acids is 1. The zero-order chi connectivity index (χ0) is 11.6.